The second-order valence-electron chi connectivity index (χ2n) is 8.62. The molecule has 1 aliphatic rings. The van der Waals surface area contributed by atoms with E-state index in [1.54, 1.807) is 0 Å². The van der Waals surface area contributed by atoms with E-state index in [2.05, 4.69) is 41.5 Å². The molecular formula is C18H35Cl3N2O2. The maximum atomic E-state index is 12.1. The van der Waals surface area contributed by atoms with Crippen LogP contribution in [-0.4, -0.2) is 28.2 Å². The molecule has 1 heterocycles. The molecule has 0 aliphatic carbocycles. The largest absolute Gasteiger partial charge is 0.478 e. The zero-order chi connectivity index (χ0) is 17.6. The van der Waals surface area contributed by atoms with Crippen LogP contribution >= 0.6 is 37.2 Å². The minimum atomic E-state index is -1.42. The van der Waals surface area contributed by atoms with E-state index in [-0.39, 0.29) is 48.1 Å². The number of carboxylic acids is 1. The van der Waals surface area contributed by atoms with Crippen molar-refractivity contribution in [3.63, 3.8) is 0 Å². The number of nitrogens with zero attached hydrogens (tertiary/aromatic N) is 2. The van der Waals surface area contributed by atoms with Gasteiger partial charge in [-0.15, -0.1) is 37.2 Å². The van der Waals surface area contributed by atoms with Crippen LogP contribution in [0, 0.1) is 16.2 Å². The van der Waals surface area contributed by atoms with Gasteiger partial charge in [-0.05, 0) is 12.8 Å². The van der Waals surface area contributed by atoms with Gasteiger partial charge in [0.25, 0.3) is 5.66 Å². The summed E-state index contributed by atoms with van der Waals surface area (Å²) in [4.78, 5) is 21.6. The molecule has 4 nitrogen and oxygen atoms in total. The Balaban J connectivity index is -0.00000161. The van der Waals surface area contributed by atoms with E-state index in [0.29, 0.717) is 0 Å². The van der Waals surface area contributed by atoms with E-state index in [0.717, 1.165) is 24.3 Å². The fourth-order valence-electron chi connectivity index (χ4n) is 2.48. The van der Waals surface area contributed by atoms with Gasteiger partial charge in [0.05, 0.1) is 11.4 Å². The second kappa shape index (κ2) is 9.05. The number of hydrogen-bond donors (Lipinski definition) is 1. The van der Waals surface area contributed by atoms with Crippen LogP contribution in [0.5, 0.6) is 0 Å². The van der Waals surface area contributed by atoms with Gasteiger partial charge in [-0.2, -0.15) is 0 Å². The van der Waals surface area contributed by atoms with E-state index in [4.69, 9.17) is 9.98 Å². The molecule has 0 radical (unpaired) electrons. The van der Waals surface area contributed by atoms with Crippen molar-refractivity contribution in [3.8, 4) is 0 Å². The number of aliphatic carboxylic acids is 1. The predicted octanol–water partition coefficient (Wildman–Crippen LogP) is 5.85. The Labute approximate surface area is 171 Å². The summed E-state index contributed by atoms with van der Waals surface area (Å²) in [5.41, 5.74) is -0.657. The molecule has 0 spiro atoms. The van der Waals surface area contributed by atoms with Gasteiger partial charge in [0, 0.05) is 16.2 Å². The minimum absolute atomic E-state index is 0. The lowest BCUT2D eigenvalue weighted by molar-refractivity contribution is -0.146. The first-order valence-electron chi connectivity index (χ1n) is 8.19. The first kappa shape index (κ1) is 29.4. The highest BCUT2D eigenvalue weighted by Crippen LogP contribution is 2.45. The molecule has 0 aromatic carbocycles. The zero-order valence-corrected chi connectivity index (χ0v) is 19.3. The number of rotatable bonds is 5. The third-order valence-corrected chi connectivity index (χ3v) is 5.17. The van der Waals surface area contributed by atoms with Gasteiger partial charge in [-0.25, -0.2) is 14.8 Å². The van der Waals surface area contributed by atoms with Gasteiger partial charge in [0.1, 0.15) is 0 Å². The van der Waals surface area contributed by atoms with Gasteiger partial charge in [0.2, 0.25) is 0 Å². The molecule has 1 N–H and O–H groups in total. The molecule has 0 bridgehead atoms. The van der Waals surface area contributed by atoms with E-state index < -0.39 is 17.0 Å². The van der Waals surface area contributed by atoms with Crippen molar-refractivity contribution in [2.24, 2.45) is 26.2 Å². The van der Waals surface area contributed by atoms with Crippen LogP contribution in [0.4, 0.5) is 0 Å². The highest BCUT2D eigenvalue weighted by Gasteiger charge is 2.55. The molecule has 0 aromatic heterocycles. The average molecular weight is 418 g/mol. The summed E-state index contributed by atoms with van der Waals surface area (Å²) in [5.74, 6) is -0.966. The summed E-state index contributed by atoms with van der Waals surface area (Å²) in [7, 11) is 0. The molecule has 0 unspecified atom stereocenters. The summed E-state index contributed by atoms with van der Waals surface area (Å²) in [6.07, 6.45) is 1.79. The van der Waals surface area contributed by atoms with Gasteiger partial charge in [0.15, 0.2) is 0 Å². The van der Waals surface area contributed by atoms with Crippen LogP contribution < -0.4 is 0 Å². The maximum absolute atomic E-state index is 12.1. The zero-order valence-electron chi connectivity index (χ0n) is 16.9. The lowest BCUT2D eigenvalue weighted by Crippen LogP contribution is -2.46. The Kier molecular flexibility index (Phi) is 10.7. The van der Waals surface area contributed by atoms with Crippen molar-refractivity contribution in [2.45, 2.75) is 80.8 Å². The van der Waals surface area contributed by atoms with E-state index in [1.165, 1.54) is 0 Å². The van der Waals surface area contributed by atoms with Gasteiger partial charge in [-0.3, -0.25) is 0 Å². The molecule has 0 atom stereocenters. The van der Waals surface area contributed by atoms with Crippen molar-refractivity contribution in [1.82, 2.24) is 0 Å². The Morgan fingerprint density at radius 2 is 1.12 bits per heavy atom. The third kappa shape index (κ3) is 5.11. The Bertz CT molecular complexity index is 501. The predicted molar refractivity (Wildman–Crippen MR) is 115 cm³/mol. The summed E-state index contributed by atoms with van der Waals surface area (Å²) >= 11 is 0. The molecule has 25 heavy (non-hydrogen) atoms. The number of hydrogen-bond acceptors (Lipinski definition) is 3. The molecule has 0 saturated carbocycles. The highest BCUT2D eigenvalue weighted by molar-refractivity contribution is 6.47. The average Bonchev–Trinajstić information content (AvgIpc) is 2.81. The molecular weight excluding hydrogens is 383 g/mol. The third-order valence-electron chi connectivity index (χ3n) is 5.17. The monoisotopic (exact) mass is 416 g/mol. The lowest BCUT2D eigenvalue weighted by Gasteiger charge is -2.32. The number of aliphatic imine (C=N–C) groups is 2. The maximum Gasteiger partial charge on any atom is 0.354 e. The van der Waals surface area contributed by atoms with Crippen LogP contribution in [0.2, 0.25) is 0 Å². The first-order chi connectivity index (χ1) is 9.75. The van der Waals surface area contributed by atoms with Gasteiger partial charge in [-0.1, -0.05) is 62.3 Å². The van der Waals surface area contributed by atoms with E-state index >= 15 is 0 Å². The SMILES string of the molecule is CCC(C)(C)C1=NC(C(=O)O)(C(C)(C)C)N=C1C(C)(C)CC.Cl.Cl.Cl. The van der Waals surface area contributed by atoms with Crippen LogP contribution in [-0.2, 0) is 4.79 Å². The summed E-state index contributed by atoms with van der Waals surface area (Å²) in [6, 6.07) is 0. The van der Waals surface area contributed by atoms with E-state index in [9.17, 15) is 9.90 Å². The molecule has 0 saturated heterocycles. The van der Waals surface area contributed by atoms with Crippen LogP contribution in [0.1, 0.15) is 75.2 Å². The summed E-state index contributed by atoms with van der Waals surface area (Å²) < 4.78 is 0. The molecule has 150 valence electrons. The molecule has 1 aliphatic heterocycles. The number of carboxylic acid groups (broad SMARTS) is 1. The fraction of sp³-hybridized carbons (Fsp3) is 0.833. The molecule has 0 fully saturated rings. The number of halogens is 3. The fourth-order valence-corrected chi connectivity index (χ4v) is 2.48. The first-order valence-corrected chi connectivity index (χ1v) is 8.19. The van der Waals surface area contributed by atoms with E-state index in [1.807, 2.05) is 20.8 Å². The second-order valence-corrected chi connectivity index (χ2v) is 8.62. The lowest BCUT2D eigenvalue weighted by atomic mass is 9.73. The Hall–Kier alpha value is -0.320. The van der Waals surface area contributed by atoms with Crippen molar-refractivity contribution in [2.75, 3.05) is 0 Å². The van der Waals surface area contributed by atoms with Crippen LogP contribution in [0.3, 0.4) is 0 Å². The molecule has 0 aromatic rings. The minimum Gasteiger partial charge on any atom is -0.478 e. The van der Waals surface area contributed by atoms with Crippen molar-refractivity contribution < 1.29 is 9.90 Å². The van der Waals surface area contributed by atoms with Crippen molar-refractivity contribution in [1.29, 1.82) is 0 Å². The van der Waals surface area contributed by atoms with Gasteiger partial charge < -0.3 is 5.11 Å². The Morgan fingerprint density at radius 3 is 1.28 bits per heavy atom. The van der Waals surface area contributed by atoms with Crippen molar-refractivity contribution >= 4 is 54.6 Å². The topological polar surface area (TPSA) is 62.0 Å². The van der Waals surface area contributed by atoms with Gasteiger partial charge >= 0.3 is 5.97 Å². The van der Waals surface area contributed by atoms with Crippen LogP contribution in [0.25, 0.3) is 0 Å². The quantitative estimate of drug-likeness (QED) is 0.610. The summed E-state index contributed by atoms with van der Waals surface area (Å²) in [6.45, 7) is 18.4. The smallest absolute Gasteiger partial charge is 0.354 e. The molecule has 1 rings (SSSR count). The normalized spacial score (nSPS) is 16.7. The highest BCUT2D eigenvalue weighted by atomic mass is 35.5. The van der Waals surface area contributed by atoms with Crippen LogP contribution in [0.15, 0.2) is 9.98 Å². The van der Waals surface area contributed by atoms with Crippen molar-refractivity contribution in [3.05, 3.63) is 0 Å². The standard InChI is InChI=1S/C18H32N2O2.3ClH/c1-10-16(6,7)12-13(17(8,9)11-2)20-18(19-12,14(21)22)15(3,4)5;;;/h10-11H2,1-9H3,(H,21,22);3*1H. The molecule has 7 heteroatoms. The molecule has 0 amide bonds. The number of carbonyl (C=O) groups is 1. The summed E-state index contributed by atoms with van der Waals surface area (Å²) in [5, 5.41) is 9.90. The Morgan fingerprint density at radius 1 is 0.840 bits per heavy atom.